The van der Waals surface area contributed by atoms with Gasteiger partial charge in [-0.3, -0.25) is 8.37 Å². The van der Waals surface area contributed by atoms with Gasteiger partial charge in [-0.25, -0.2) is 0 Å². The summed E-state index contributed by atoms with van der Waals surface area (Å²) >= 11 is 0. The van der Waals surface area contributed by atoms with E-state index >= 15 is 0 Å². The lowest BCUT2D eigenvalue weighted by molar-refractivity contribution is 0.224. The molecule has 0 amide bonds. The SMILES string of the molecule is C=C.C=C.C=C.C=C.C=C.C=C.Cc1ccc(S(=O)(=O)OCCOS(=O)(=O)c2ccc(C)cc2)cc1. The molecular weight excluding hydrogens is 496 g/mol. The third-order valence-electron chi connectivity index (χ3n) is 3.18. The Bertz CT molecular complexity index is 888. The highest BCUT2D eigenvalue weighted by atomic mass is 32.2. The van der Waals surface area contributed by atoms with Gasteiger partial charge in [-0.1, -0.05) is 35.4 Å². The van der Waals surface area contributed by atoms with Gasteiger partial charge in [0.1, 0.15) is 0 Å². The first-order valence-corrected chi connectivity index (χ1v) is 12.9. The number of hydrogen-bond donors (Lipinski definition) is 0. The molecule has 0 aliphatic carbocycles. The van der Waals surface area contributed by atoms with E-state index in [0.717, 1.165) is 11.1 Å². The van der Waals surface area contributed by atoms with Crippen LogP contribution in [0.3, 0.4) is 0 Å². The molecule has 0 bridgehead atoms. The van der Waals surface area contributed by atoms with Crippen LogP contribution in [0.25, 0.3) is 0 Å². The molecule has 0 saturated carbocycles. The van der Waals surface area contributed by atoms with Crippen LogP contribution in [-0.4, -0.2) is 30.0 Å². The summed E-state index contributed by atoms with van der Waals surface area (Å²) < 4.78 is 57.4. The highest BCUT2D eigenvalue weighted by molar-refractivity contribution is 7.87. The van der Waals surface area contributed by atoms with Crippen molar-refractivity contribution in [3.05, 3.63) is 139 Å². The van der Waals surface area contributed by atoms with Crippen molar-refractivity contribution in [1.82, 2.24) is 0 Å². The summed E-state index contributed by atoms with van der Waals surface area (Å²) in [4.78, 5) is 0.0176. The maximum Gasteiger partial charge on any atom is 0.297 e. The Morgan fingerprint density at radius 1 is 0.472 bits per heavy atom. The molecular formula is C28H42O6S2. The van der Waals surface area contributed by atoms with E-state index in [-0.39, 0.29) is 9.79 Å². The Kier molecular flexibility index (Phi) is 33.2. The average Bonchev–Trinajstić information content (AvgIpc) is 2.94. The van der Waals surface area contributed by atoms with E-state index in [1.54, 1.807) is 24.3 Å². The van der Waals surface area contributed by atoms with Crippen molar-refractivity contribution in [3.63, 3.8) is 0 Å². The quantitative estimate of drug-likeness (QED) is 0.210. The molecule has 0 heterocycles. The standard InChI is InChI=1S/C16H18O6S2.6C2H4/c1-13-3-7-15(8-4-13)23(17,18)21-11-12-22-24(19,20)16-9-5-14(2)6-10-16;6*1-2/h3-10H,11-12H2,1-2H3;6*1-2H2. The van der Waals surface area contributed by atoms with E-state index in [9.17, 15) is 16.8 Å². The summed E-state index contributed by atoms with van der Waals surface area (Å²) in [5.74, 6) is 0. The van der Waals surface area contributed by atoms with Crippen LogP contribution < -0.4 is 0 Å². The summed E-state index contributed by atoms with van der Waals surface area (Å²) in [5, 5.41) is 0. The monoisotopic (exact) mass is 538 g/mol. The Morgan fingerprint density at radius 2 is 0.667 bits per heavy atom. The van der Waals surface area contributed by atoms with Crippen LogP contribution in [0.15, 0.2) is 137 Å². The summed E-state index contributed by atoms with van der Waals surface area (Å²) in [6, 6.07) is 12.3. The third-order valence-corrected chi connectivity index (χ3v) is 5.83. The van der Waals surface area contributed by atoms with Gasteiger partial charge < -0.3 is 0 Å². The molecule has 2 rings (SSSR count). The molecule has 0 aromatic heterocycles. The average molecular weight is 539 g/mol. The van der Waals surface area contributed by atoms with E-state index in [1.807, 2.05) is 13.8 Å². The zero-order valence-electron chi connectivity index (χ0n) is 21.8. The Hall–Kier alpha value is -3.30. The maximum atomic E-state index is 11.9. The summed E-state index contributed by atoms with van der Waals surface area (Å²) in [5.41, 5.74) is 1.84. The highest BCUT2D eigenvalue weighted by Crippen LogP contribution is 2.15. The van der Waals surface area contributed by atoms with Gasteiger partial charge in [0.05, 0.1) is 23.0 Å². The van der Waals surface area contributed by atoms with Crippen LogP contribution in [-0.2, 0) is 28.6 Å². The zero-order chi connectivity index (χ0) is 29.8. The second kappa shape index (κ2) is 27.9. The van der Waals surface area contributed by atoms with Crippen LogP contribution in [0.1, 0.15) is 11.1 Å². The fourth-order valence-corrected chi connectivity index (χ4v) is 3.62. The first kappa shape index (κ1) is 42.8. The lowest BCUT2D eigenvalue weighted by atomic mass is 10.2. The van der Waals surface area contributed by atoms with E-state index < -0.39 is 33.5 Å². The molecule has 0 spiro atoms. The van der Waals surface area contributed by atoms with Crippen molar-refractivity contribution >= 4 is 20.2 Å². The van der Waals surface area contributed by atoms with Gasteiger partial charge in [0, 0.05) is 0 Å². The van der Waals surface area contributed by atoms with Gasteiger partial charge in [-0.05, 0) is 38.1 Å². The summed E-state index contributed by atoms with van der Waals surface area (Å²) in [6.07, 6.45) is 0. The molecule has 36 heavy (non-hydrogen) atoms. The Balaban J connectivity index is -0.000000234. The Labute approximate surface area is 220 Å². The third kappa shape index (κ3) is 19.1. The highest BCUT2D eigenvalue weighted by Gasteiger charge is 2.17. The van der Waals surface area contributed by atoms with Crippen LogP contribution in [0.4, 0.5) is 0 Å². The zero-order valence-corrected chi connectivity index (χ0v) is 23.4. The molecule has 2 aromatic rings. The normalized spacial score (nSPS) is 8.83. The van der Waals surface area contributed by atoms with Crippen LogP contribution in [0, 0.1) is 13.8 Å². The molecule has 202 valence electrons. The van der Waals surface area contributed by atoms with E-state index in [2.05, 4.69) is 78.9 Å². The van der Waals surface area contributed by atoms with E-state index in [4.69, 9.17) is 8.37 Å². The van der Waals surface area contributed by atoms with Gasteiger partial charge in [-0.2, -0.15) is 16.8 Å². The molecule has 6 nitrogen and oxygen atoms in total. The molecule has 8 heteroatoms. The van der Waals surface area contributed by atoms with Gasteiger partial charge in [-0.15, -0.1) is 78.9 Å². The van der Waals surface area contributed by atoms with Gasteiger partial charge >= 0.3 is 0 Å². The number of hydrogen-bond acceptors (Lipinski definition) is 6. The molecule has 0 N–H and O–H groups in total. The fraction of sp³-hybridized carbons (Fsp3) is 0.143. The minimum Gasteiger partial charge on any atom is -0.264 e. The van der Waals surface area contributed by atoms with Crippen LogP contribution in [0.5, 0.6) is 0 Å². The molecule has 0 atom stereocenters. The molecule has 0 radical (unpaired) electrons. The molecule has 0 saturated heterocycles. The van der Waals surface area contributed by atoms with Crippen molar-refractivity contribution in [2.75, 3.05) is 13.2 Å². The predicted octanol–water partition coefficient (Wildman–Crippen LogP) is 7.23. The lowest BCUT2D eigenvalue weighted by Gasteiger charge is -2.08. The molecule has 0 aliphatic heterocycles. The minimum atomic E-state index is -3.94. The Morgan fingerprint density at radius 3 is 0.861 bits per heavy atom. The summed E-state index contributed by atoms with van der Waals surface area (Å²) in [7, 11) is -7.88. The number of rotatable bonds is 7. The minimum absolute atomic E-state index is 0.00879. The summed E-state index contributed by atoms with van der Waals surface area (Å²) in [6.45, 7) is 38.9. The van der Waals surface area contributed by atoms with Crippen molar-refractivity contribution in [3.8, 4) is 0 Å². The predicted molar refractivity (Wildman–Crippen MR) is 156 cm³/mol. The smallest absolute Gasteiger partial charge is 0.264 e. The lowest BCUT2D eigenvalue weighted by Crippen LogP contribution is -2.15. The topological polar surface area (TPSA) is 86.7 Å². The van der Waals surface area contributed by atoms with Crippen LogP contribution >= 0.6 is 0 Å². The first-order valence-electron chi connectivity index (χ1n) is 10.1. The number of aryl methyl sites for hydroxylation is 2. The van der Waals surface area contributed by atoms with Gasteiger partial charge in [0.25, 0.3) is 20.2 Å². The molecule has 0 aliphatic rings. The molecule has 0 unspecified atom stereocenters. The van der Waals surface area contributed by atoms with Crippen molar-refractivity contribution in [2.45, 2.75) is 23.6 Å². The second-order valence-electron chi connectivity index (χ2n) is 5.18. The number of benzene rings is 2. The van der Waals surface area contributed by atoms with E-state index in [0.29, 0.717) is 0 Å². The molecule has 2 aromatic carbocycles. The molecule has 0 fully saturated rings. The largest absolute Gasteiger partial charge is 0.297 e. The first-order chi connectivity index (χ1) is 17.2. The van der Waals surface area contributed by atoms with Gasteiger partial charge in [0.2, 0.25) is 0 Å². The van der Waals surface area contributed by atoms with Crippen molar-refractivity contribution in [2.24, 2.45) is 0 Å². The fourth-order valence-electron chi connectivity index (χ4n) is 1.83. The van der Waals surface area contributed by atoms with Crippen molar-refractivity contribution in [1.29, 1.82) is 0 Å². The van der Waals surface area contributed by atoms with Gasteiger partial charge in [0.15, 0.2) is 0 Å². The second-order valence-corrected chi connectivity index (χ2v) is 8.41. The van der Waals surface area contributed by atoms with Crippen LogP contribution in [0.2, 0.25) is 0 Å². The van der Waals surface area contributed by atoms with Crippen molar-refractivity contribution < 1.29 is 25.2 Å². The maximum absolute atomic E-state index is 11.9. The van der Waals surface area contributed by atoms with E-state index in [1.165, 1.54) is 24.3 Å².